The summed E-state index contributed by atoms with van der Waals surface area (Å²) in [6, 6.07) is 8.18. The largest absolute Gasteiger partial charge is 0.492 e. The number of likely N-dealkylation sites (N-methyl/N-ethyl adjacent to an activating group) is 1. The van der Waals surface area contributed by atoms with Crippen molar-refractivity contribution in [1.82, 2.24) is 5.32 Å². The summed E-state index contributed by atoms with van der Waals surface area (Å²) in [6.07, 6.45) is 2.07. The number of benzene rings is 1. The molecular formula is C11H17NOS. The van der Waals surface area contributed by atoms with Crippen LogP contribution in [0.2, 0.25) is 0 Å². The highest BCUT2D eigenvalue weighted by atomic mass is 32.2. The standard InChI is InChI=1S/C11H17NOS/c1-3-12-8-9-13-10-4-6-11(14-2)7-5-10/h4-7,12H,3,8-9H2,1-2H3. The molecule has 0 aliphatic carbocycles. The van der Waals surface area contributed by atoms with E-state index in [1.54, 1.807) is 11.8 Å². The summed E-state index contributed by atoms with van der Waals surface area (Å²) in [4.78, 5) is 1.27. The van der Waals surface area contributed by atoms with Crippen molar-refractivity contribution in [3.8, 4) is 5.75 Å². The third-order valence-corrected chi connectivity index (χ3v) is 2.60. The fourth-order valence-electron chi connectivity index (χ4n) is 1.09. The van der Waals surface area contributed by atoms with E-state index in [2.05, 4.69) is 30.6 Å². The number of hydrogen-bond donors (Lipinski definition) is 1. The maximum atomic E-state index is 5.54. The molecule has 14 heavy (non-hydrogen) atoms. The van der Waals surface area contributed by atoms with E-state index < -0.39 is 0 Å². The van der Waals surface area contributed by atoms with Gasteiger partial charge in [-0.25, -0.2) is 0 Å². The Labute approximate surface area is 90.0 Å². The van der Waals surface area contributed by atoms with E-state index in [0.29, 0.717) is 0 Å². The van der Waals surface area contributed by atoms with Gasteiger partial charge in [-0.3, -0.25) is 0 Å². The molecule has 0 aliphatic rings. The lowest BCUT2D eigenvalue weighted by Gasteiger charge is -2.06. The average Bonchev–Trinajstić information content (AvgIpc) is 2.25. The Bertz CT molecular complexity index is 248. The zero-order valence-corrected chi connectivity index (χ0v) is 9.56. The topological polar surface area (TPSA) is 21.3 Å². The summed E-state index contributed by atoms with van der Waals surface area (Å²) < 4.78 is 5.54. The van der Waals surface area contributed by atoms with Crippen molar-refractivity contribution in [2.45, 2.75) is 11.8 Å². The molecule has 3 heteroatoms. The molecule has 0 saturated heterocycles. The Morgan fingerprint density at radius 3 is 2.57 bits per heavy atom. The molecule has 0 amide bonds. The fourth-order valence-corrected chi connectivity index (χ4v) is 1.50. The number of thioether (sulfide) groups is 1. The molecule has 0 fully saturated rings. The second kappa shape index (κ2) is 6.74. The van der Waals surface area contributed by atoms with Crippen molar-refractivity contribution in [2.75, 3.05) is 26.0 Å². The lowest BCUT2D eigenvalue weighted by atomic mass is 10.3. The van der Waals surface area contributed by atoms with Gasteiger partial charge in [-0.15, -0.1) is 11.8 Å². The first-order valence-electron chi connectivity index (χ1n) is 4.84. The molecule has 0 aromatic heterocycles. The lowest BCUT2D eigenvalue weighted by Crippen LogP contribution is -2.20. The van der Waals surface area contributed by atoms with Crippen LogP contribution >= 0.6 is 11.8 Å². The summed E-state index contributed by atoms with van der Waals surface area (Å²) in [5, 5.41) is 3.21. The summed E-state index contributed by atoms with van der Waals surface area (Å²) in [5.74, 6) is 0.945. The van der Waals surface area contributed by atoms with Crippen LogP contribution in [0.3, 0.4) is 0 Å². The van der Waals surface area contributed by atoms with E-state index >= 15 is 0 Å². The van der Waals surface area contributed by atoms with Crippen molar-refractivity contribution in [1.29, 1.82) is 0 Å². The normalized spacial score (nSPS) is 10.1. The van der Waals surface area contributed by atoms with E-state index in [0.717, 1.165) is 25.4 Å². The van der Waals surface area contributed by atoms with Gasteiger partial charge in [0.1, 0.15) is 12.4 Å². The molecule has 78 valence electrons. The fraction of sp³-hybridized carbons (Fsp3) is 0.455. The third kappa shape index (κ3) is 4.03. The van der Waals surface area contributed by atoms with Gasteiger partial charge < -0.3 is 10.1 Å². The minimum atomic E-state index is 0.729. The van der Waals surface area contributed by atoms with Crippen molar-refractivity contribution in [2.24, 2.45) is 0 Å². The van der Waals surface area contributed by atoms with Crippen LogP contribution in [0.4, 0.5) is 0 Å². The molecule has 2 nitrogen and oxygen atoms in total. The van der Waals surface area contributed by atoms with Gasteiger partial charge in [0.2, 0.25) is 0 Å². The Morgan fingerprint density at radius 1 is 1.29 bits per heavy atom. The minimum absolute atomic E-state index is 0.729. The molecule has 0 bridgehead atoms. The van der Waals surface area contributed by atoms with Crippen LogP contribution in [0.5, 0.6) is 5.75 Å². The Morgan fingerprint density at radius 2 is 2.00 bits per heavy atom. The SMILES string of the molecule is CCNCCOc1ccc(SC)cc1. The molecule has 1 aromatic rings. The van der Waals surface area contributed by atoms with Crippen LogP contribution in [-0.4, -0.2) is 26.0 Å². The van der Waals surface area contributed by atoms with E-state index in [-0.39, 0.29) is 0 Å². The summed E-state index contributed by atoms with van der Waals surface area (Å²) >= 11 is 1.74. The molecule has 0 unspecified atom stereocenters. The maximum Gasteiger partial charge on any atom is 0.119 e. The number of hydrogen-bond acceptors (Lipinski definition) is 3. The van der Waals surface area contributed by atoms with Crippen LogP contribution in [0.25, 0.3) is 0 Å². The molecule has 0 atom stereocenters. The van der Waals surface area contributed by atoms with Gasteiger partial charge in [0.05, 0.1) is 0 Å². The molecule has 0 heterocycles. The van der Waals surface area contributed by atoms with Crippen LogP contribution < -0.4 is 10.1 Å². The van der Waals surface area contributed by atoms with Gasteiger partial charge in [0.25, 0.3) is 0 Å². The second-order valence-corrected chi connectivity index (χ2v) is 3.76. The molecule has 1 N–H and O–H groups in total. The zero-order chi connectivity index (χ0) is 10.2. The van der Waals surface area contributed by atoms with E-state index in [4.69, 9.17) is 4.74 Å². The van der Waals surface area contributed by atoms with Crippen LogP contribution in [0.15, 0.2) is 29.2 Å². The molecule has 1 rings (SSSR count). The van der Waals surface area contributed by atoms with E-state index in [1.165, 1.54) is 4.90 Å². The first-order valence-corrected chi connectivity index (χ1v) is 6.07. The Balaban J connectivity index is 2.29. The predicted octanol–water partition coefficient (Wildman–Crippen LogP) is 2.40. The number of rotatable bonds is 6. The summed E-state index contributed by atoms with van der Waals surface area (Å²) in [5.41, 5.74) is 0. The van der Waals surface area contributed by atoms with E-state index in [1.807, 2.05) is 12.1 Å². The minimum Gasteiger partial charge on any atom is -0.492 e. The van der Waals surface area contributed by atoms with Gasteiger partial charge in [0, 0.05) is 11.4 Å². The highest BCUT2D eigenvalue weighted by Gasteiger charge is 1.93. The lowest BCUT2D eigenvalue weighted by molar-refractivity contribution is 0.315. The van der Waals surface area contributed by atoms with Gasteiger partial charge >= 0.3 is 0 Å². The van der Waals surface area contributed by atoms with Gasteiger partial charge in [-0.1, -0.05) is 6.92 Å². The van der Waals surface area contributed by atoms with Gasteiger partial charge in [-0.2, -0.15) is 0 Å². The highest BCUT2D eigenvalue weighted by molar-refractivity contribution is 7.98. The van der Waals surface area contributed by atoms with Gasteiger partial charge in [0.15, 0.2) is 0 Å². The first kappa shape index (κ1) is 11.4. The Kier molecular flexibility index (Phi) is 5.49. The van der Waals surface area contributed by atoms with Crippen molar-refractivity contribution in [3.05, 3.63) is 24.3 Å². The van der Waals surface area contributed by atoms with Crippen LogP contribution in [0, 0.1) is 0 Å². The first-order chi connectivity index (χ1) is 6.86. The molecular weight excluding hydrogens is 194 g/mol. The monoisotopic (exact) mass is 211 g/mol. The molecule has 0 saturated carbocycles. The predicted molar refractivity (Wildman–Crippen MR) is 62.3 cm³/mol. The number of nitrogens with one attached hydrogen (secondary N) is 1. The second-order valence-electron chi connectivity index (χ2n) is 2.88. The van der Waals surface area contributed by atoms with E-state index in [9.17, 15) is 0 Å². The van der Waals surface area contributed by atoms with Gasteiger partial charge in [-0.05, 0) is 37.1 Å². The van der Waals surface area contributed by atoms with Crippen molar-refractivity contribution in [3.63, 3.8) is 0 Å². The Hall–Kier alpha value is -0.670. The smallest absolute Gasteiger partial charge is 0.119 e. The van der Waals surface area contributed by atoms with Crippen molar-refractivity contribution >= 4 is 11.8 Å². The molecule has 0 radical (unpaired) electrons. The molecule has 0 spiro atoms. The molecule has 1 aromatic carbocycles. The average molecular weight is 211 g/mol. The number of ether oxygens (including phenoxy) is 1. The highest BCUT2D eigenvalue weighted by Crippen LogP contribution is 2.18. The quantitative estimate of drug-likeness (QED) is 0.576. The zero-order valence-electron chi connectivity index (χ0n) is 8.75. The third-order valence-electron chi connectivity index (χ3n) is 1.86. The van der Waals surface area contributed by atoms with Crippen molar-refractivity contribution < 1.29 is 4.74 Å². The summed E-state index contributed by atoms with van der Waals surface area (Å²) in [7, 11) is 0. The molecule has 0 aliphatic heterocycles. The van der Waals surface area contributed by atoms with Crippen LogP contribution in [-0.2, 0) is 0 Å². The van der Waals surface area contributed by atoms with Crippen LogP contribution in [0.1, 0.15) is 6.92 Å². The summed E-state index contributed by atoms with van der Waals surface area (Å²) in [6.45, 7) is 4.72. The maximum absolute atomic E-state index is 5.54.